The average molecular weight is 536 g/mol. The van der Waals surface area contributed by atoms with Crippen LogP contribution in [-0.2, 0) is 19.1 Å². The van der Waals surface area contributed by atoms with Crippen molar-refractivity contribution >= 4 is 11.9 Å². The Balaban J connectivity index is 2.46. The molecule has 0 aromatic carbocycles. The number of ether oxygens (including phenoxy) is 2. The zero-order chi connectivity index (χ0) is 27.0. The quantitative estimate of drug-likeness (QED) is 0.421. The molecule has 0 spiro atoms. The molecule has 2 atom stereocenters. The van der Waals surface area contributed by atoms with Crippen LogP contribution in [0.1, 0.15) is 0 Å². The maximum absolute atomic E-state index is 14.8. The maximum atomic E-state index is 14.8. The molecular weight excluding hydrogens is 530 g/mol. The van der Waals surface area contributed by atoms with Crippen molar-refractivity contribution in [3.63, 3.8) is 0 Å². The van der Waals surface area contributed by atoms with Gasteiger partial charge in [0.2, 0.25) is 0 Å². The van der Waals surface area contributed by atoms with Gasteiger partial charge in [-0.1, -0.05) is 0 Å². The van der Waals surface area contributed by atoms with Crippen molar-refractivity contribution in [3.05, 3.63) is 0 Å². The van der Waals surface area contributed by atoms with E-state index in [4.69, 9.17) is 5.11 Å². The molecule has 6 nitrogen and oxygen atoms in total. The highest BCUT2D eigenvalue weighted by atomic mass is 19.3. The number of esters is 2. The molecule has 0 heterocycles. The number of carbonyl (C=O) groups is 2. The summed E-state index contributed by atoms with van der Waals surface area (Å²) in [6.07, 6.45) is 0. The summed E-state index contributed by atoms with van der Waals surface area (Å²) >= 11 is 0. The molecule has 4 saturated carbocycles. The van der Waals surface area contributed by atoms with E-state index in [1.165, 1.54) is 0 Å². The second kappa shape index (κ2) is 5.98. The molecule has 0 radical (unpaired) electrons. The Morgan fingerprint density at radius 1 is 0.588 bits per heavy atom. The lowest BCUT2D eigenvalue weighted by atomic mass is 9.39. The molecule has 34 heavy (non-hydrogen) atoms. The first-order valence-electron chi connectivity index (χ1n) is 8.20. The summed E-state index contributed by atoms with van der Waals surface area (Å²) in [5, 5.41) is 17.7. The van der Waals surface area contributed by atoms with Gasteiger partial charge in [0.05, 0.1) is 0 Å². The smallest absolute Gasteiger partial charge is 0.345 e. The number of alkyl halides is 14. The number of hydrogen-bond acceptors (Lipinski definition) is 6. The van der Waals surface area contributed by atoms with Crippen molar-refractivity contribution in [2.45, 2.75) is 58.1 Å². The summed E-state index contributed by atoms with van der Waals surface area (Å²) in [5.41, 5.74) is -30.2. The number of aliphatic hydroxyl groups is 2. The molecule has 2 unspecified atom stereocenters. The summed E-state index contributed by atoms with van der Waals surface area (Å²) in [6, 6.07) is 0. The maximum Gasteiger partial charge on any atom is 0.345 e. The van der Waals surface area contributed by atoms with Gasteiger partial charge in [0.1, 0.15) is 6.61 Å². The van der Waals surface area contributed by atoms with E-state index in [-0.39, 0.29) is 0 Å². The van der Waals surface area contributed by atoms with Gasteiger partial charge in [0.15, 0.2) is 6.61 Å². The summed E-state index contributed by atoms with van der Waals surface area (Å²) in [4.78, 5) is 22.2. The lowest BCUT2D eigenvalue weighted by molar-refractivity contribution is -0.623. The Bertz CT molecular complexity index is 849. The van der Waals surface area contributed by atoms with Crippen LogP contribution in [0.2, 0.25) is 0 Å². The van der Waals surface area contributed by atoms with E-state index < -0.39 is 83.2 Å². The molecule has 0 aromatic heterocycles. The summed E-state index contributed by atoms with van der Waals surface area (Å²) in [6.45, 7) is -4.05. The van der Waals surface area contributed by atoms with Crippen LogP contribution in [-0.4, -0.2) is 93.4 Å². The minimum atomic E-state index is -7.93. The molecule has 4 aliphatic carbocycles. The molecule has 0 saturated heterocycles. The van der Waals surface area contributed by atoms with Gasteiger partial charge in [-0.05, 0) is 0 Å². The van der Waals surface area contributed by atoms with Crippen molar-refractivity contribution in [1.82, 2.24) is 0 Å². The molecule has 4 bridgehead atoms. The average Bonchev–Trinajstić information content (AvgIpc) is 2.69. The third-order valence-electron chi connectivity index (χ3n) is 6.03. The van der Waals surface area contributed by atoms with Crippen molar-refractivity contribution in [2.75, 3.05) is 13.2 Å². The second-order valence-corrected chi connectivity index (χ2v) is 7.45. The normalized spacial score (nSPS) is 43.3. The van der Waals surface area contributed by atoms with E-state index in [2.05, 4.69) is 9.47 Å². The van der Waals surface area contributed by atoms with Crippen LogP contribution in [0.3, 0.4) is 0 Å². The molecule has 4 rings (SSSR count). The Morgan fingerprint density at radius 3 is 1.32 bits per heavy atom. The predicted molar refractivity (Wildman–Crippen MR) is 69.2 cm³/mol. The van der Waals surface area contributed by atoms with Gasteiger partial charge < -0.3 is 19.7 Å². The van der Waals surface area contributed by atoms with E-state index in [9.17, 15) is 76.2 Å². The van der Waals surface area contributed by atoms with Crippen LogP contribution in [0, 0.1) is 0 Å². The summed E-state index contributed by atoms with van der Waals surface area (Å²) in [5.74, 6) is -51.9. The van der Waals surface area contributed by atoms with Crippen molar-refractivity contribution in [2.24, 2.45) is 0 Å². The highest BCUT2D eigenvalue weighted by Crippen LogP contribution is 2.87. The van der Waals surface area contributed by atoms with E-state index in [1.807, 2.05) is 0 Å². The molecule has 20 heteroatoms. The highest BCUT2D eigenvalue weighted by molar-refractivity contribution is 5.77. The summed E-state index contributed by atoms with van der Waals surface area (Å²) < 4.78 is 210. The van der Waals surface area contributed by atoms with Crippen LogP contribution in [0.4, 0.5) is 61.5 Å². The monoisotopic (exact) mass is 536 g/mol. The first-order chi connectivity index (χ1) is 14.8. The zero-order valence-electron chi connectivity index (χ0n) is 15.2. The lowest BCUT2D eigenvalue weighted by Gasteiger charge is -2.74. The largest absolute Gasteiger partial charge is 0.452 e. The molecular formula is C14H6F14O6. The fourth-order valence-electron chi connectivity index (χ4n) is 4.42. The van der Waals surface area contributed by atoms with E-state index in [1.54, 1.807) is 0 Å². The van der Waals surface area contributed by atoms with Crippen molar-refractivity contribution in [3.8, 4) is 0 Å². The zero-order valence-corrected chi connectivity index (χ0v) is 15.2. The first-order valence-corrected chi connectivity index (χ1v) is 8.20. The SMILES string of the molecule is O=C(CO)OCC(=O)OC12C(F)(F)C3(O)C(F)(F)C(F)(C(F)(F)C(F)(C3(F)F)C1(F)F)C2(F)F. The van der Waals surface area contributed by atoms with Crippen LogP contribution >= 0.6 is 0 Å². The van der Waals surface area contributed by atoms with Gasteiger partial charge in [-0.25, -0.2) is 18.4 Å². The molecule has 2 N–H and O–H groups in total. The minimum absolute atomic E-state index is 1.66. The van der Waals surface area contributed by atoms with Gasteiger partial charge in [-0.2, -0.15) is 52.7 Å². The second-order valence-electron chi connectivity index (χ2n) is 7.45. The molecule has 0 aromatic rings. The first kappa shape index (κ1) is 26.5. The third kappa shape index (κ3) is 1.79. The van der Waals surface area contributed by atoms with E-state index in [0.717, 1.165) is 0 Å². The number of carbonyl (C=O) groups excluding carboxylic acids is 2. The Labute approximate surface area is 175 Å². The van der Waals surface area contributed by atoms with Crippen LogP contribution in [0.5, 0.6) is 0 Å². The fraction of sp³-hybridized carbons (Fsp3) is 0.857. The molecule has 4 aliphatic rings. The summed E-state index contributed by atoms with van der Waals surface area (Å²) in [7, 11) is 0. The number of hydrogen-bond donors (Lipinski definition) is 2. The molecule has 4 fully saturated rings. The highest BCUT2D eigenvalue weighted by Gasteiger charge is 3.23. The van der Waals surface area contributed by atoms with Gasteiger partial charge in [-0.3, -0.25) is 0 Å². The standard InChI is InChI=1S/C14H6F14O6/c15-5-9(17,18)6(16)11(21,22)7(32,10(5,19)20)14(27,28)8(12(5,23)24,13(6,25)26)34-4(31)2-33-3(30)1-29/h29,32H,1-2H2. The number of aliphatic hydroxyl groups excluding tert-OH is 1. The van der Waals surface area contributed by atoms with Gasteiger partial charge in [-0.15, -0.1) is 0 Å². The van der Waals surface area contributed by atoms with Crippen molar-refractivity contribution < 1.29 is 90.7 Å². The van der Waals surface area contributed by atoms with Crippen LogP contribution < -0.4 is 0 Å². The molecule has 196 valence electrons. The Hall–Kier alpha value is -2.12. The van der Waals surface area contributed by atoms with Crippen molar-refractivity contribution in [1.29, 1.82) is 0 Å². The Kier molecular flexibility index (Phi) is 4.66. The minimum Gasteiger partial charge on any atom is -0.452 e. The van der Waals surface area contributed by atoms with Gasteiger partial charge in [0.25, 0.3) is 5.60 Å². The van der Waals surface area contributed by atoms with Crippen LogP contribution in [0.25, 0.3) is 0 Å². The lowest BCUT2D eigenvalue weighted by Crippen LogP contribution is -3.10. The third-order valence-corrected chi connectivity index (χ3v) is 6.03. The van der Waals surface area contributed by atoms with Gasteiger partial charge >= 0.3 is 64.4 Å². The van der Waals surface area contributed by atoms with E-state index >= 15 is 0 Å². The number of rotatable bonds is 4. The van der Waals surface area contributed by atoms with Crippen LogP contribution in [0.15, 0.2) is 0 Å². The predicted octanol–water partition coefficient (Wildman–Crippen LogP) is 1.80. The van der Waals surface area contributed by atoms with E-state index in [0.29, 0.717) is 0 Å². The fourth-order valence-corrected chi connectivity index (χ4v) is 4.42. The topological polar surface area (TPSA) is 93.1 Å². The Morgan fingerprint density at radius 2 is 0.971 bits per heavy atom. The molecule has 0 amide bonds. The molecule has 0 aliphatic heterocycles. The van der Waals surface area contributed by atoms with Gasteiger partial charge in [0, 0.05) is 0 Å². The number of halogens is 14.